The van der Waals surface area contributed by atoms with Crippen LogP contribution in [0.5, 0.6) is 5.75 Å². The molecule has 3 aromatic rings. The van der Waals surface area contributed by atoms with Crippen molar-refractivity contribution < 1.29 is 24.4 Å². The molecule has 0 aliphatic carbocycles. The molecule has 3 aromatic carbocycles. The minimum Gasteiger partial charge on any atom is -0.507 e. The zero-order valence-electron chi connectivity index (χ0n) is 18.9. The van der Waals surface area contributed by atoms with Crippen molar-refractivity contribution in [2.24, 2.45) is 0 Å². The van der Waals surface area contributed by atoms with Crippen LogP contribution in [0.3, 0.4) is 0 Å². The second kappa shape index (κ2) is 8.72. The van der Waals surface area contributed by atoms with Gasteiger partial charge in [0.15, 0.2) is 0 Å². The minimum atomic E-state index is -0.987. The summed E-state index contributed by atoms with van der Waals surface area (Å²) in [4.78, 5) is 38.6. The molecule has 0 bridgehead atoms. The highest BCUT2D eigenvalue weighted by molar-refractivity contribution is 6.46. The third-order valence-electron chi connectivity index (χ3n) is 6.30. The first-order chi connectivity index (χ1) is 16.8. The van der Waals surface area contributed by atoms with E-state index >= 15 is 0 Å². The number of nitro groups is 1. The summed E-state index contributed by atoms with van der Waals surface area (Å²) in [6.07, 6.45) is 0.663. The lowest BCUT2D eigenvalue weighted by Gasteiger charge is -2.25. The first kappa shape index (κ1) is 22.3. The van der Waals surface area contributed by atoms with E-state index in [1.807, 2.05) is 37.3 Å². The van der Waals surface area contributed by atoms with E-state index in [2.05, 4.69) is 0 Å². The summed E-state index contributed by atoms with van der Waals surface area (Å²) in [6.45, 7) is 2.04. The molecule has 1 fully saturated rings. The van der Waals surface area contributed by atoms with Gasteiger partial charge in [0, 0.05) is 30.7 Å². The number of amides is 1. The summed E-state index contributed by atoms with van der Waals surface area (Å²) in [5.41, 5.74) is 2.17. The number of non-ortho nitro benzene ring substituents is 1. The molecule has 1 amide bonds. The van der Waals surface area contributed by atoms with Crippen molar-refractivity contribution in [2.45, 2.75) is 32.0 Å². The van der Waals surface area contributed by atoms with Gasteiger partial charge >= 0.3 is 0 Å². The molecule has 8 heteroatoms. The van der Waals surface area contributed by atoms with Crippen LogP contribution in [0.1, 0.15) is 35.2 Å². The lowest BCUT2D eigenvalue weighted by Crippen LogP contribution is -2.29. The van der Waals surface area contributed by atoms with Crippen LogP contribution in [0.15, 0.2) is 78.4 Å². The van der Waals surface area contributed by atoms with Gasteiger partial charge in [0.2, 0.25) is 0 Å². The maximum atomic E-state index is 13.2. The predicted octanol–water partition coefficient (Wildman–Crippen LogP) is 4.54. The number of rotatable bonds is 5. The quantitative estimate of drug-likeness (QED) is 0.193. The predicted molar refractivity (Wildman–Crippen MR) is 128 cm³/mol. The molecule has 5 rings (SSSR count). The summed E-state index contributed by atoms with van der Waals surface area (Å²) in [7, 11) is 0. The second-order valence-corrected chi connectivity index (χ2v) is 8.72. The maximum absolute atomic E-state index is 13.2. The number of ether oxygens (including phenoxy) is 1. The molecular formula is C27H22N2O6. The summed E-state index contributed by atoms with van der Waals surface area (Å²) < 4.78 is 5.72. The lowest BCUT2D eigenvalue weighted by molar-refractivity contribution is -0.384. The summed E-state index contributed by atoms with van der Waals surface area (Å²) in [6, 6.07) is 19.1. The van der Waals surface area contributed by atoms with E-state index < -0.39 is 22.7 Å². The molecule has 2 aliphatic heterocycles. The van der Waals surface area contributed by atoms with Crippen LogP contribution in [0.4, 0.5) is 5.69 Å². The Hall–Kier alpha value is -4.46. The Morgan fingerprint density at radius 2 is 1.86 bits per heavy atom. The third-order valence-corrected chi connectivity index (χ3v) is 6.30. The van der Waals surface area contributed by atoms with Crippen LogP contribution >= 0.6 is 0 Å². The van der Waals surface area contributed by atoms with Gasteiger partial charge in [-0.2, -0.15) is 0 Å². The Balaban J connectivity index is 1.65. The lowest BCUT2D eigenvalue weighted by atomic mass is 9.94. The maximum Gasteiger partial charge on any atom is 0.295 e. The number of hydrogen-bond donors (Lipinski definition) is 1. The molecule has 2 unspecified atom stereocenters. The molecule has 2 heterocycles. The van der Waals surface area contributed by atoms with Crippen molar-refractivity contribution in [2.75, 3.05) is 0 Å². The van der Waals surface area contributed by atoms with Crippen LogP contribution < -0.4 is 4.74 Å². The Labute approximate surface area is 201 Å². The van der Waals surface area contributed by atoms with Gasteiger partial charge in [-0.1, -0.05) is 42.5 Å². The standard InChI is InChI=1S/C27H22N2O6/c1-16-12-20-13-19(10-11-22(20)35-16)25(30)23-24(18-8-5-9-21(14-18)29(33)34)28(27(32)26(23)31)15-17-6-3-2-4-7-17/h2-11,13-14,16,24,30H,12,15H2,1H3/b25-23-. The van der Waals surface area contributed by atoms with Crippen LogP contribution in [0, 0.1) is 10.1 Å². The van der Waals surface area contributed by atoms with E-state index in [0.717, 1.165) is 11.1 Å². The highest BCUT2D eigenvalue weighted by atomic mass is 16.6. The fourth-order valence-corrected chi connectivity index (χ4v) is 4.70. The van der Waals surface area contributed by atoms with Gasteiger partial charge in [-0.05, 0) is 41.8 Å². The smallest absolute Gasteiger partial charge is 0.295 e. The summed E-state index contributed by atoms with van der Waals surface area (Å²) >= 11 is 0. The Morgan fingerprint density at radius 3 is 2.60 bits per heavy atom. The molecular weight excluding hydrogens is 448 g/mol. The number of Topliss-reactive ketones (excluding diaryl/α,β-unsaturated/α-hetero) is 1. The topological polar surface area (TPSA) is 110 Å². The van der Waals surface area contributed by atoms with E-state index in [4.69, 9.17) is 4.74 Å². The molecule has 8 nitrogen and oxygen atoms in total. The number of carbonyl (C=O) groups excluding carboxylic acids is 2. The molecule has 35 heavy (non-hydrogen) atoms. The van der Waals surface area contributed by atoms with Crippen molar-refractivity contribution in [3.63, 3.8) is 0 Å². The first-order valence-corrected chi connectivity index (χ1v) is 11.2. The number of hydrogen-bond acceptors (Lipinski definition) is 6. The molecule has 0 radical (unpaired) electrons. The number of likely N-dealkylation sites (tertiary alicyclic amines) is 1. The highest BCUT2D eigenvalue weighted by Crippen LogP contribution is 2.42. The van der Waals surface area contributed by atoms with E-state index in [-0.39, 0.29) is 29.7 Å². The van der Waals surface area contributed by atoms with Gasteiger partial charge in [-0.25, -0.2) is 0 Å². The molecule has 1 N–H and O–H groups in total. The molecule has 2 atom stereocenters. The minimum absolute atomic E-state index is 0.00344. The Kier molecular flexibility index (Phi) is 5.56. The molecule has 0 spiro atoms. The summed E-state index contributed by atoms with van der Waals surface area (Å²) in [5.74, 6) is -1.21. The van der Waals surface area contributed by atoms with Gasteiger partial charge in [0.05, 0.1) is 16.5 Å². The number of aliphatic hydroxyl groups is 1. The number of aliphatic hydroxyl groups excluding tert-OH is 1. The molecule has 176 valence electrons. The Morgan fingerprint density at radius 1 is 1.09 bits per heavy atom. The largest absolute Gasteiger partial charge is 0.507 e. The van der Waals surface area contributed by atoms with Crippen LogP contribution in [-0.2, 0) is 22.6 Å². The third kappa shape index (κ3) is 4.03. The van der Waals surface area contributed by atoms with Crippen LogP contribution in [-0.4, -0.2) is 32.7 Å². The highest BCUT2D eigenvalue weighted by Gasteiger charge is 2.46. The average molecular weight is 470 g/mol. The van der Waals surface area contributed by atoms with E-state index in [1.54, 1.807) is 24.3 Å². The number of ketones is 1. The zero-order chi connectivity index (χ0) is 24.7. The SMILES string of the molecule is CC1Cc2cc(/C(O)=C3/C(=O)C(=O)N(Cc4ccccc4)C3c3cccc([N+](=O)[O-])c3)ccc2O1. The average Bonchev–Trinajstić information content (AvgIpc) is 3.35. The number of fused-ring (bicyclic) bond motifs is 1. The van der Waals surface area contributed by atoms with Crippen LogP contribution in [0.2, 0.25) is 0 Å². The molecule has 0 saturated carbocycles. The number of benzene rings is 3. The normalized spacial score (nSPS) is 20.5. The van der Waals surface area contributed by atoms with Gasteiger partial charge in [0.1, 0.15) is 17.6 Å². The Bertz CT molecular complexity index is 1380. The van der Waals surface area contributed by atoms with Crippen LogP contribution in [0.25, 0.3) is 5.76 Å². The van der Waals surface area contributed by atoms with E-state index in [1.165, 1.54) is 23.1 Å². The monoisotopic (exact) mass is 470 g/mol. The van der Waals surface area contributed by atoms with Crippen molar-refractivity contribution in [3.8, 4) is 5.75 Å². The first-order valence-electron chi connectivity index (χ1n) is 11.2. The number of carbonyl (C=O) groups is 2. The molecule has 1 saturated heterocycles. The van der Waals surface area contributed by atoms with E-state index in [0.29, 0.717) is 23.3 Å². The van der Waals surface area contributed by atoms with E-state index in [9.17, 15) is 24.8 Å². The van der Waals surface area contributed by atoms with Gasteiger partial charge < -0.3 is 14.7 Å². The number of nitro benzene ring substituents is 1. The summed E-state index contributed by atoms with van der Waals surface area (Å²) in [5, 5.41) is 22.7. The van der Waals surface area contributed by atoms with Crippen molar-refractivity contribution in [1.82, 2.24) is 4.90 Å². The van der Waals surface area contributed by atoms with Crippen molar-refractivity contribution >= 4 is 23.1 Å². The molecule has 2 aliphatic rings. The molecule has 0 aromatic heterocycles. The van der Waals surface area contributed by atoms with Crippen molar-refractivity contribution in [1.29, 1.82) is 0 Å². The van der Waals surface area contributed by atoms with Gasteiger partial charge in [0.25, 0.3) is 17.4 Å². The fraction of sp³-hybridized carbons (Fsp3) is 0.185. The van der Waals surface area contributed by atoms with Crippen molar-refractivity contribution in [3.05, 3.63) is 111 Å². The fourth-order valence-electron chi connectivity index (χ4n) is 4.70. The zero-order valence-corrected chi connectivity index (χ0v) is 18.9. The van der Waals surface area contributed by atoms with Gasteiger partial charge in [-0.15, -0.1) is 0 Å². The second-order valence-electron chi connectivity index (χ2n) is 8.72. The van der Waals surface area contributed by atoms with Gasteiger partial charge in [-0.3, -0.25) is 19.7 Å². The number of nitrogens with zero attached hydrogens (tertiary/aromatic N) is 2.